The van der Waals surface area contributed by atoms with Crippen LogP contribution in [0.3, 0.4) is 0 Å². The van der Waals surface area contributed by atoms with Crippen LogP contribution in [0.1, 0.15) is 38.2 Å². The van der Waals surface area contributed by atoms with E-state index in [4.69, 9.17) is 39.5 Å². The van der Waals surface area contributed by atoms with Crippen LogP contribution >= 0.6 is 34.8 Å². The summed E-state index contributed by atoms with van der Waals surface area (Å²) in [4.78, 5) is 27.4. The summed E-state index contributed by atoms with van der Waals surface area (Å²) in [5, 5.41) is 4.42. The lowest BCUT2D eigenvalue weighted by molar-refractivity contribution is -0.142. The molecule has 2 amide bonds. The Morgan fingerprint density at radius 1 is 1.10 bits per heavy atom. The minimum Gasteiger partial charge on any atom is -0.482 e. The van der Waals surface area contributed by atoms with E-state index in [1.54, 1.807) is 37.3 Å². The van der Waals surface area contributed by atoms with Crippen LogP contribution in [-0.4, -0.2) is 35.4 Å². The van der Waals surface area contributed by atoms with Gasteiger partial charge in [-0.25, -0.2) is 0 Å². The van der Waals surface area contributed by atoms with E-state index in [0.717, 1.165) is 31.2 Å². The molecule has 1 fully saturated rings. The number of halogens is 3. The van der Waals surface area contributed by atoms with Crippen LogP contribution in [0.5, 0.6) is 5.75 Å². The topological polar surface area (TPSA) is 58.6 Å². The molecule has 166 valence electrons. The fourth-order valence-corrected chi connectivity index (χ4v) is 4.30. The molecule has 8 heteroatoms. The normalized spacial score (nSPS) is 14.8. The smallest absolute Gasteiger partial charge is 0.261 e. The molecule has 1 aliphatic rings. The maximum absolute atomic E-state index is 13.1. The summed E-state index contributed by atoms with van der Waals surface area (Å²) in [7, 11) is 0. The molecular formula is C23H25Cl3N2O3. The number of hydrogen-bond acceptors (Lipinski definition) is 3. The van der Waals surface area contributed by atoms with Crippen molar-refractivity contribution >= 4 is 46.6 Å². The monoisotopic (exact) mass is 482 g/mol. The van der Waals surface area contributed by atoms with Crippen LogP contribution in [0.15, 0.2) is 42.5 Å². The average molecular weight is 484 g/mol. The van der Waals surface area contributed by atoms with Gasteiger partial charge in [-0.3, -0.25) is 9.59 Å². The number of carbonyl (C=O) groups excluding carboxylic acids is 2. The molecule has 2 aromatic carbocycles. The molecule has 1 N–H and O–H groups in total. The fourth-order valence-electron chi connectivity index (χ4n) is 3.62. The molecule has 2 aromatic rings. The van der Waals surface area contributed by atoms with E-state index in [0.29, 0.717) is 20.8 Å². The molecule has 0 aromatic heterocycles. The van der Waals surface area contributed by atoms with Gasteiger partial charge in [0.25, 0.3) is 5.91 Å². The third-order valence-electron chi connectivity index (χ3n) is 5.36. The maximum atomic E-state index is 13.1. The number of hydrogen-bond donors (Lipinski definition) is 1. The molecule has 5 nitrogen and oxygen atoms in total. The summed E-state index contributed by atoms with van der Waals surface area (Å²) in [6.07, 6.45) is 4.16. The third kappa shape index (κ3) is 6.76. The molecule has 31 heavy (non-hydrogen) atoms. The zero-order valence-corrected chi connectivity index (χ0v) is 19.5. The molecule has 0 heterocycles. The first kappa shape index (κ1) is 23.7. The standard InChI is InChI=1S/C23H25Cl3N2O3/c1-15(23(30)27-19-7-2-3-8-19)28(13-16-5-4-6-17(24)11-16)22(29)14-31-21-10-9-18(25)12-20(21)26/h4-6,9-12,15,19H,2-3,7-8,13-14H2,1H3,(H,27,30)/t15-/m0/s1. The lowest BCUT2D eigenvalue weighted by atomic mass is 10.1. The maximum Gasteiger partial charge on any atom is 0.261 e. The first-order valence-corrected chi connectivity index (χ1v) is 11.4. The van der Waals surface area contributed by atoms with Gasteiger partial charge in [-0.2, -0.15) is 0 Å². The first-order valence-electron chi connectivity index (χ1n) is 10.3. The van der Waals surface area contributed by atoms with Gasteiger partial charge in [0, 0.05) is 22.6 Å². The van der Waals surface area contributed by atoms with Gasteiger partial charge in [-0.15, -0.1) is 0 Å². The second kappa shape index (κ2) is 11.1. The van der Waals surface area contributed by atoms with Gasteiger partial charge in [0.05, 0.1) is 5.02 Å². The summed E-state index contributed by atoms with van der Waals surface area (Å²) in [5.74, 6) is -0.156. The summed E-state index contributed by atoms with van der Waals surface area (Å²) < 4.78 is 5.62. The summed E-state index contributed by atoms with van der Waals surface area (Å²) >= 11 is 18.1. The number of carbonyl (C=O) groups is 2. The van der Waals surface area contributed by atoms with E-state index in [-0.39, 0.29) is 31.0 Å². The van der Waals surface area contributed by atoms with Gasteiger partial charge in [-0.1, -0.05) is 59.8 Å². The first-order chi connectivity index (χ1) is 14.8. The lowest BCUT2D eigenvalue weighted by Gasteiger charge is -2.29. The Morgan fingerprint density at radius 2 is 1.81 bits per heavy atom. The highest BCUT2D eigenvalue weighted by Gasteiger charge is 2.29. The molecular weight excluding hydrogens is 459 g/mol. The minimum atomic E-state index is -0.670. The second-order valence-electron chi connectivity index (χ2n) is 7.68. The number of benzene rings is 2. The number of nitrogens with one attached hydrogen (secondary N) is 1. The number of rotatable bonds is 8. The van der Waals surface area contributed by atoms with E-state index in [1.165, 1.54) is 4.90 Å². The van der Waals surface area contributed by atoms with Crippen molar-refractivity contribution in [3.63, 3.8) is 0 Å². The molecule has 0 bridgehead atoms. The average Bonchev–Trinajstić information content (AvgIpc) is 3.23. The molecule has 0 aliphatic heterocycles. The largest absolute Gasteiger partial charge is 0.482 e. The van der Waals surface area contributed by atoms with Crippen LogP contribution in [0.2, 0.25) is 15.1 Å². The molecule has 1 atom stereocenters. The Bertz CT molecular complexity index is 932. The number of nitrogens with zero attached hydrogens (tertiary/aromatic N) is 1. The minimum absolute atomic E-state index is 0.169. The highest BCUT2D eigenvalue weighted by Crippen LogP contribution is 2.27. The van der Waals surface area contributed by atoms with Gasteiger partial charge < -0.3 is 15.0 Å². The van der Waals surface area contributed by atoms with Gasteiger partial charge >= 0.3 is 0 Å². The third-order valence-corrected chi connectivity index (χ3v) is 6.12. The molecule has 0 unspecified atom stereocenters. The van der Waals surface area contributed by atoms with E-state index >= 15 is 0 Å². The van der Waals surface area contributed by atoms with Gasteiger partial charge in [0.15, 0.2) is 6.61 Å². The summed E-state index contributed by atoms with van der Waals surface area (Å²) in [6.45, 7) is 1.70. The highest BCUT2D eigenvalue weighted by atomic mass is 35.5. The highest BCUT2D eigenvalue weighted by molar-refractivity contribution is 6.35. The van der Waals surface area contributed by atoms with Crippen molar-refractivity contribution < 1.29 is 14.3 Å². The fraction of sp³-hybridized carbons (Fsp3) is 0.391. The van der Waals surface area contributed by atoms with Crippen molar-refractivity contribution in [2.75, 3.05) is 6.61 Å². The van der Waals surface area contributed by atoms with Gasteiger partial charge in [-0.05, 0) is 55.7 Å². The Morgan fingerprint density at radius 3 is 2.48 bits per heavy atom. The Hall–Kier alpha value is -1.95. The van der Waals surface area contributed by atoms with Crippen LogP contribution in [0.25, 0.3) is 0 Å². The molecule has 1 aliphatic carbocycles. The van der Waals surface area contributed by atoms with Crippen molar-refractivity contribution in [1.29, 1.82) is 0 Å². The second-order valence-corrected chi connectivity index (χ2v) is 8.96. The van der Waals surface area contributed by atoms with Crippen molar-refractivity contribution in [1.82, 2.24) is 10.2 Å². The summed E-state index contributed by atoms with van der Waals surface area (Å²) in [5.41, 5.74) is 0.825. The Labute approximate surface area is 197 Å². The Balaban J connectivity index is 1.73. The van der Waals surface area contributed by atoms with Crippen LogP contribution in [0, 0.1) is 0 Å². The lowest BCUT2D eigenvalue weighted by Crippen LogP contribution is -2.50. The Kier molecular flexibility index (Phi) is 8.47. The van der Waals surface area contributed by atoms with Gasteiger partial charge in [0.1, 0.15) is 11.8 Å². The van der Waals surface area contributed by atoms with Gasteiger partial charge in [0.2, 0.25) is 5.91 Å². The van der Waals surface area contributed by atoms with Crippen molar-refractivity contribution in [2.45, 2.75) is 51.2 Å². The van der Waals surface area contributed by atoms with E-state index < -0.39 is 6.04 Å². The van der Waals surface area contributed by atoms with Crippen LogP contribution in [-0.2, 0) is 16.1 Å². The van der Waals surface area contributed by atoms with Crippen molar-refractivity contribution in [3.8, 4) is 5.75 Å². The van der Waals surface area contributed by atoms with E-state index in [1.807, 2.05) is 12.1 Å². The molecule has 3 rings (SSSR count). The quantitative estimate of drug-likeness (QED) is 0.539. The number of amides is 2. The predicted octanol–water partition coefficient (Wildman–Crippen LogP) is 5.50. The van der Waals surface area contributed by atoms with Crippen molar-refractivity contribution in [2.24, 2.45) is 0 Å². The summed E-state index contributed by atoms with van der Waals surface area (Å²) in [6, 6.07) is 11.5. The molecule has 0 radical (unpaired) electrons. The van der Waals surface area contributed by atoms with Crippen molar-refractivity contribution in [3.05, 3.63) is 63.1 Å². The molecule has 1 saturated carbocycles. The zero-order valence-electron chi connectivity index (χ0n) is 17.2. The van der Waals surface area contributed by atoms with Crippen LogP contribution < -0.4 is 10.1 Å². The zero-order chi connectivity index (χ0) is 22.4. The number of ether oxygens (including phenoxy) is 1. The SMILES string of the molecule is C[C@@H](C(=O)NC1CCCC1)N(Cc1cccc(Cl)c1)C(=O)COc1ccc(Cl)cc1Cl. The molecule has 0 saturated heterocycles. The molecule has 0 spiro atoms. The van der Waals surface area contributed by atoms with E-state index in [9.17, 15) is 9.59 Å². The predicted molar refractivity (Wildman–Crippen MR) is 124 cm³/mol. The van der Waals surface area contributed by atoms with E-state index in [2.05, 4.69) is 5.32 Å². The van der Waals surface area contributed by atoms with Crippen LogP contribution in [0.4, 0.5) is 0 Å².